The van der Waals surface area contributed by atoms with Crippen LogP contribution >= 0.6 is 11.6 Å². The van der Waals surface area contributed by atoms with Gasteiger partial charge in [-0.15, -0.1) is 0 Å². The molecule has 1 aliphatic carbocycles. The van der Waals surface area contributed by atoms with Gasteiger partial charge in [-0.3, -0.25) is 19.0 Å². The summed E-state index contributed by atoms with van der Waals surface area (Å²) in [4.78, 5) is 38.4. The minimum atomic E-state index is -0.172. The number of benzene rings is 2. The fraction of sp³-hybridized carbons (Fsp3) is 0.469. The summed E-state index contributed by atoms with van der Waals surface area (Å²) in [6.45, 7) is 3.24. The minimum absolute atomic E-state index is 0.0708. The van der Waals surface area contributed by atoms with Crippen LogP contribution in [-0.2, 0) is 16.0 Å². The molecule has 0 aliphatic heterocycles. The molecule has 2 aromatic carbocycles. The SMILES string of the molecule is COc1ccc2c(c1)c(CC(=O)NCCCCCCCNC(=O)C1CCCC1)c(C)n2C(=O)c1ccc(Cl)cc1. The zero-order valence-electron chi connectivity index (χ0n) is 23.6. The van der Waals surface area contributed by atoms with Crippen LogP contribution in [0.3, 0.4) is 0 Å². The van der Waals surface area contributed by atoms with Crippen molar-refractivity contribution in [3.05, 3.63) is 64.3 Å². The van der Waals surface area contributed by atoms with E-state index < -0.39 is 0 Å². The van der Waals surface area contributed by atoms with Gasteiger partial charge in [0.05, 0.1) is 19.0 Å². The number of carbonyl (C=O) groups excluding carboxylic acids is 3. The van der Waals surface area contributed by atoms with Gasteiger partial charge < -0.3 is 15.4 Å². The van der Waals surface area contributed by atoms with Crippen LogP contribution in [-0.4, -0.2) is 42.5 Å². The van der Waals surface area contributed by atoms with Crippen molar-refractivity contribution in [2.24, 2.45) is 5.92 Å². The van der Waals surface area contributed by atoms with Crippen LogP contribution in [0.4, 0.5) is 0 Å². The number of nitrogens with one attached hydrogen (secondary N) is 2. The topological polar surface area (TPSA) is 89.4 Å². The first-order valence-electron chi connectivity index (χ1n) is 14.4. The van der Waals surface area contributed by atoms with E-state index in [0.717, 1.165) is 73.7 Å². The summed E-state index contributed by atoms with van der Waals surface area (Å²) < 4.78 is 7.08. The Labute approximate surface area is 241 Å². The van der Waals surface area contributed by atoms with Crippen LogP contribution < -0.4 is 15.4 Å². The predicted octanol–water partition coefficient (Wildman–Crippen LogP) is 6.22. The Bertz CT molecular complexity index is 1330. The molecule has 3 aromatic rings. The first-order valence-corrected chi connectivity index (χ1v) is 14.8. The second-order valence-corrected chi connectivity index (χ2v) is 11.1. The van der Waals surface area contributed by atoms with Gasteiger partial charge in [0.2, 0.25) is 11.8 Å². The summed E-state index contributed by atoms with van der Waals surface area (Å²) in [5, 5.41) is 7.51. The highest BCUT2D eigenvalue weighted by molar-refractivity contribution is 6.30. The Morgan fingerprint density at radius 3 is 2.25 bits per heavy atom. The van der Waals surface area contributed by atoms with E-state index in [1.54, 1.807) is 35.9 Å². The Morgan fingerprint density at radius 2 is 1.57 bits per heavy atom. The van der Waals surface area contributed by atoms with Crippen LogP contribution in [0.2, 0.25) is 5.02 Å². The van der Waals surface area contributed by atoms with Gasteiger partial charge in [0.25, 0.3) is 5.91 Å². The fourth-order valence-electron chi connectivity index (χ4n) is 5.57. The number of hydrogen-bond donors (Lipinski definition) is 2. The quantitative estimate of drug-likeness (QED) is 0.241. The largest absolute Gasteiger partial charge is 0.497 e. The first-order chi connectivity index (χ1) is 19.4. The molecule has 40 heavy (non-hydrogen) atoms. The molecule has 0 bridgehead atoms. The van der Waals surface area contributed by atoms with Crippen molar-refractivity contribution in [2.75, 3.05) is 20.2 Å². The van der Waals surface area contributed by atoms with Gasteiger partial charge in [0.1, 0.15) is 5.75 Å². The van der Waals surface area contributed by atoms with E-state index in [1.165, 1.54) is 12.8 Å². The van der Waals surface area contributed by atoms with Gasteiger partial charge in [0.15, 0.2) is 0 Å². The molecule has 0 unspecified atom stereocenters. The number of fused-ring (bicyclic) bond motifs is 1. The molecule has 1 saturated carbocycles. The summed E-state index contributed by atoms with van der Waals surface area (Å²) in [7, 11) is 1.60. The van der Waals surface area contributed by atoms with Crippen molar-refractivity contribution in [2.45, 2.75) is 71.1 Å². The van der Waals surface area contributed by atoms with Gasteiger partial charge >= 0.3 is 0 Å². The van der Waals surface area contributed by atoms with Crippen molar-refractivity contribution in [1.29, 1.82) is 0 Å². The van der Waals surface area contributed by atoms with Crippen LogP contribution in [0, 0.1) is 12.8 Å². The first kappa shape index (κ1) is 29.7. The molecule has 1 aromatic heterocycles. The second kappa shape index (κ2) is 14.4. The smallest absolute Gasteiger partial charge is 0.262 e. The lowest BCUT2D eigenvalue weighted by Gasteiger charge is -2.10. The molecule has 2 amide bonds. The fourth-order valence-corrected chi connectivity index (χ4v) is 5.70. The van der Waals surface area contributed by atoms with Crippen molar-refractivity contribution >= 4 is 40.2 Å². The molecule has 8 heteroatoms. The molecular weight excluding hydrogens is 526 g/mol. The van der Waals surface area contributed by atoms with Gasteiger partial charge in [0, 0.05) is 40.7 Å². The van der Waals surface area contributed by atoms with Crippen LogP contribution in [0.25, 0.3) is 10.9 Å². The van der Waals surface area contributed by atoms with Gasteiger partial charge in [-0.25, -0.2) is 0 Å². The highest BCUT2D eigenvalue weighted by atomic mass is 35.5. The molecule has 0 saturated heterocycles. The number of rotatable bonds is 13. The van der Waals surface area contributed by atoms with E-state index in [2.05, 4.69) is 10.6 Å². The van der Waals surface area contributed by atoms with Crippen molar-refractivity contribution in [3.8, 4) is 5.75 Å². The molecular formula is C32H40ClN3O4. The maximum Gasteiger partial charge on any atom is 0.262 e. The van der Waals surface area contributed by atoms with Crippen LogP contribution in [0.5, 0.6) is 5.75 Å². The van der Waals surface area contributed by atoms with E-state index in [4.69, 9.17) is 16.3 Å². The maximum atomic E-state index is 13.4. The van der Waals surface area contributed by atoms with E-state index in [0.29, 0.717) is 22.9 Å². The summed E-state index contributed by atoms with van der Waals surface area (Å²) in [5.41, 5.74) is 2.81. The highest BCUT2D eigenvalue weighted by Crippen LogP contribution is 2.31. The molecule has 0 spiro atoms. The number of nitrogens with zero attached hydrogens (tertiary/aromatic N) is 1. The van der Waals surface area contributed by atoms with Gasteiger partial charge in [-0.1, -0.05) is 43.7 Å². The van der Waals surface area contributed by atoms with E-state index in [1.807, 2.05) is 25.1 Å². The Balaban J connectivity index is 1.27. The molecule has 1 heterocycles. The Morgan fingerprint density at radius 1 is 0.925 bits per heavy atom. The third kappa shape index (κ3) is 7.45. The Kier molecular flexibility index (Phi) is 10.6. The van der Waals surface area contributed by atoms with Crippen LogP contribution in [0.15, 0.2) is 42.5 Å². The van der Waals surface area contributed by atoms with Crippen LogP contribution in [0.1, 0.15) is 79.4 Å². The number of amides is 2. The lowest BCUT2D eigenvalue weighted by molar-refractivity contribution is -0.124. The van der Waals surface area contributed by atoms with Gasteiger partial charge in [-0.2, -0.15) is 0 Å². The zero-order valence-corrected chi connectivity index (χ0v) is 24.3. The normalized spacial score (nSPS) is 13.5. The average Bonchev–Trinajstić information content (AvgIpc) is 3.59. The van der Waals surface area contributed by atoms with Gasteiger partial charge in [-0.05, 0) is 80.6 Å². The van der Waals surface area contributed by atoms with E-state index in [9.17, 15) is 14.4 Å². The molecule has 1 aliphatic rings. The summed E-state index contributed by atoms with van der Waals surface area (Å²) in [6.07, 6.45) is 9.68. The molecule has 1 fully saturated rings. The standard InChI is InChI=1S/C32H40ClN3O4/c1-22-27(21-30(37)34-18-8-4-3-5-9-19-35-31(38)23-10-6-7-11-23)28-20-26(40-2)16-17-29(28)36(22)32(39)24-12-14-25(33)15-13-24/h12-17,20,23H,3-11,18-19,21H2,1-2H3,(H,34,37)(H,35,38). The maximum absolute atomic E-state index is 13.4. The molecule has 0 atom stereocenters. The summed E-state index contributed by atoms with van der Waals surface area (Å²) >= 11 is 6.01. The monoisotopic (exact) mass is 565 g/mol. The second-order valence-electron chi connectivity index (χ2n) is 10.7. The molecule has 7 nitrogen and oxygen atoms in total. The zero-order chi connectivity index (χ0) is 28.5. The summed E-state index contributed by atoms with van der Waals surface area (Å²) in [6, 6.07) is 12.4. The third-order valence-corrected chi connectivity index (χ3v) is 8.13. The third-order valence-electron chi connectivity index (χ3n) is 7.87. The minimum Gasteiger partial charge on any atom is -0.497 e. The Hall–Kier alpha value is -3.32. The van der Waals surface area contributed by atoms with Crippen molar-refractivity contribution in [3.63, 3.8) is 0 Å². The summed E-state index contributed by atoms with van der Waals surface area (Å²) in [5.74, 6) is 0.886. The highest BCUT2D eigenvalue weighted by Gasteiger charge is 2.23. The number of halogens is 1. The van der Waals surface area contributed by atoms with E-state index in [-0.39, 0.29) is 30.1 Å². The molecule has 2 N–H and O–H groups in total. The lowest BCUT2D eigenvalue weighted by Crippen LogP contribution is -2.30. The van der Waals surface area contributed by atoms with E-state index >= 15 is 0 Å². The molecule has 0 radical (unpaired) electrons. The molecule has 4 rings (SSSR count). The number of carbonyl (C=O) groups is 3. The number of hydrogen-bond acceptors (Lipinski definition) is 4. The predicted molar refractivity (Wildman–Crippen MR) is 159 cm³/mol. The molecule has 214 valence electrons. The number of aromatic nitrogens is 1. The van der Waals surface area contributed by atoms with Crippen molar-refractivity contribution in [1.82, 2.24) is 15.2 Å². The lowest BCUT2D eigenvalue weighted by atomic mass is 10.1. The van der Waals surface area contributed by atoms with Crippen molar-refractivity contribution < 1.29 is 19.1 Å². The number of methoxy groups -OCH3 is 1. The number of ether oxygens (including phenoxy) is 1. The number of unbranched alkanes of at least 4 members (excludes halogenated alkanes) is 4. The average molecular weight is 566 g/mol.